The van der Waals surface area contributed by atoms with Crippen molar-refractivity contribution in [2.45, 2.75) is 32.0 Å². The van der Waals surface area contributed by atoms with Crippen LogP contribution >= 0.6 is 0 Å². The highest BCUT2D eigenvalue weighted by Gasteiger charge is 2.20. The van der Waals surface area contributed by atoms with E-state index in [4.69, 9.17) is 4.74 Å². The van der Waals surface area contributed by atoms with Gasteiger partial charge in [0.05, 0.1) is 18.0 Å². The zero-order valence-corrected chi connectivity index (χ0v) is 15.2. The maximum absolute atomic E-state index is 13.5. The van der Waals surface area contributed by atoms with E-state index in [1.807, 2.05) is 43.0 Å². The Morgan fingerprint density at radius 3 is 2.78 bits per heavy atom. The van der Waals surface area contributed by atoms with E-state index in [2.05, 4.69) is 15.0 Å². The van der Waals surface area contributed by atoms with Gasteiger partial charge in [-0.05, 0) is 48.7 Å². The van der Waals surface area contributed by atoms with E-state index in [0.717, 1.165) is 50.3 Å². The van der Waals surface area contributed by atoms with Crippen molar-refractivity contribution >= 4 is 0 Å². The van der Waals surface area contributed by atoms with Gasteiger partial charge in [0, 0.05) is 50.4 Å². The van der Waals surface area contributed by atoms with Crippen molar-refractivity contribution in [3.63, 3.8) is 0 Å². The molecule has 140 valence electrons. The molecule has 1 aromatic carbocycles. The van der Waals surface area contributed by atoms with Crippen LogP contribution < -0.4 is 0 Å². The Hall–Kier alpha value is -2.57. The molecule has 2 aromatic heterocycles. The molecule has 0 radical (unpaired) electrons. The van der Waals surface area contributed by atoms with Gasteiger partial charge in [-0.25, -0.2) is 9.07 Å². The largest absolute Gasteiger partial charge is 0.377 e. The first kappa shape index (κ1) is 17.8. The zero-order valence-electron chi connectivity index (χ0n) is 15.2. The number of hydrogen-bond acceptors (Lipinski definition) is 4. The normalized spacial score (nSPS) is 16.9. The molecule has 1 atom stereocenters. The molecule has 27 heavy (non-hydrogen) atoms. The third kappa shape index (κ3) is 4.78. The van der Waals surface area contributed by atoms with Crippen LogP contribution in [0.1, 0.15) is 24.0 Å². The Morgan fingerprint density at radius 1 is 1.15 bits per heavy atom. The van der Waals surface area contributed by atoms with Gasteiger partial charge >= 0.3 is 0 Å². The molecule has 5 nitrogen and oxygen atoms in total. The fourth-order valence-electron chi connectivity index (χ4n) is 3.47. The smallest absolute Gasteiger partial charge is 0.125 e. The predicted molar refractivity (Wildman–Crippen MR) is 101 cm³/mol. The molecular weight excluding hydrogens is 343 g/mol. The Balaban J connectivity index is 1.48. The first-order valence-electron chi connectivity index (χ1n) is 9.28. The summed E-state index contributed by atoms with van der Waals surface area (Å²) >= 11 is 0. The summed E-state index contributed by atoms with van der Waals surface area (Å²) in [6.45, 7) is 3.32. The Kier molecular flexibility index (Phi) is 5.55. The summed E-state index contributed by atoms with van der Waals surface area (Å²) in [5, 5.41) is 4.40. The molecule has 1 aliphatic rings. The van der Waals surface area contributed by atoms with Crippen molar-refractivity contribution in [2.75, 3.05) is 13.2 Å². The lowest BCUT2D eigenvalue weighted by Crippen LogP contribution is -2.31. The SMILES string of the molecule is Fc1cccc(-n2cc(CN(Cc3ccncc3)C[C@H]3CCCO3)cn2)c1. The lowest BCUT2D eigenvalue weighted by atomic mass is 10.2. The molecule has 0 N–H and O–H groups in total. The van der Waals surface area contributed by atoms with E-state index in [-0.39, 0.29) is 11.9 Å². The fourth-order valence-corrected chi connectivity index (χ4v) is 3.47. The number of ether oxygens (including phenoxy) is 1. The average molecular weight is 366 g/mol. The molecule has 0 saturated carbocycles. The van der Waals surface area contributed by atoms with Crippen molar-refractivity contribution < 1.29 is 9.13 Å². The molecule has 6 heteroatoms. The van der Waals surface area contributed by atoms with E-state index < -0.39 is 0 Å². The van der Waals surface area contributed by atoms with Crippen molar-refractivity contribution in [3.05, 3.63) is 78.1 Å². The maximum atomic E-state index is 13.5. The summed E-state index contributed by atoms with van der Waals surface area (Å²) in [7, 11) is 0. The second-order valence-corrected chi connectivity index (χ2v) is 6.93. The topological polar surface area (TPSA) is 43.2 Å². The summed E-state index contributed by atoms with van der Waals surface area (Å²) in [5.41, 5.74) is 3.04. The monoisotopic (exact) mass is 366 g/mol. The summed E-state index contributed by atoms with van der Waals surface area (Å²) < 4.78 is 21.0. The number of nitrogens with zero attached hydrogens (tertiary/aromatic N) is 4. The van der Waals surface area contributed by atoms with Gasteiger partial charge in [-0.15, -0.1) is 0 Å². The first-order chi connectivity index (χ1) is 13.3. The highest BCUT2D eigenvalue weighted by Crippen LogP contribution is 2.18. The van der Waals surface area contributed by atoms with E-state index in [0.29, 0.717) is 0 Å². The minimum atomic E-state index is -0.262. The molecule has 0 amide bonds. The molecule has 0 spiro atoms. The standard InChI is InChI=1S/C21H23FN4O/c22-19-3-1-4-20(11-19)26-15-18(12-24-26)14-25(16-21-5-2-10-27-21)13-17-6-8-23-9-7-17/h1,3-4,6-9,11-12,15,21H,2,5,10,13-14,16H2/t21-/m1/s1. The van der Waals surface area contributed by atoms with E-state index in [1.165, 1.54) is 17.7 Å². The zero-order chi connectivity index (χ0) is 18.5. The van der Waals surface area contributed by atoms with E-state index in [9.17, 15) is 4.39 Å². The molecule has 0 bridgehead atoms. The third-order valence-electron chi connectivity index (χ3n) is 4.76. The van der Waals surface area contributed by atoms with Crippen LogP contribution in [0.3, 0.4) is 0 Å². The average Bonchev–Trinajstić information content (AvgIpc) is 3.35. The van der Waals surface area contributed by atoms with Gasteiger partial charge in [-0.1, -0.05) is 6.07 Å². The van der Waals surface area contributed by atoms with Crippen LogP contribution in [0.25, 0.3) is 5.69 Å². The summed E-state index contributed by atoms with van der Waals surface area (Å²) in [6.07, 6.45) is 9.97. The highest BCUT2D eigenvalue weighted by molar-refractivity contribution is 5.31. The molecule has 1 saturated heterocycles. The first-order valence-corrected chi connectivity index (χ1v) is 9.28. The van der Waals surface area contributed by atoms with Gasteiger partial charge in [0.25, 0.3) is 0 Å². The number of hydrogen-bond donors (Lipinski definition) is 0. The number of halogens is 1. The van der Waals surface area contributed by atoms with Crippen LogP contribution in [0.4, 0.5) is 4.39 Å². The Bertz CT molecular complexity index is 861. The predicted octanol–water partition coefficient (Wildman–Crippen LogP) is 3.59. The van der Waals surface area contributed by atoms with Gasteiger partial charge in [-0.2, -0.15) is 5.10 Å². The van der Waals surface area contributed by atoms with E-state index in [1.54, 1.807) is 10.7 Å². The molecule has 1 fully saturated rings. The van der Waals surface area contributed by atoms with Gasteiger partial charge in [0.2, 0.25) is 0 Å². The molecule has 4 rings (SSSR count). The maximum Gasteiger partial charge on any atom is 0.125 e. The molecular formula is C21H23FN4O. The van der Waals surface area contributed by atoms with Crippen LogP contribution in [0.5, 0.6) is 0 Å². The second kappa shape index (κ2) is 8.41. The Morgan fingerprint density at radius 2 is 2.00 bits per heavy atom. The fraction of sp³-hybridized carbons (Fsp3) is 0.333. The van der Waals surface area contributed by atoms with Crippen LogP contribution in [-0.4, -0.2) is 38.9 Å². The summed E-state index contributed by atoms with van der Waals surface area (Å²) in [6, 6.07) is 10.5. The number of benzene rings is 1. The van der Waals surface area contributed by atoms with Crippen LogP contribution in [-0.2, 0) is 17.8 Å². The highest BCUT2D eigenvalue weighted by atomic mass is 19.1. The quantitative estimate of drug-likeness (QED) is 0.641. The minimum Gasteiger partial charge on any atom is -0.377 e. The van der Waals surface area contributed by atoms with Crippen LogP contribution in [0.2, 0.25) is 0 Å². The van der Waals surface area contributed by atoms with Crippen molar-refractivity contribution in [1.82, 2.24) is 19.7 Å². The minimum absolute atomic E-state index is 0.262. The second-order valence-electron chi connectivity index (χ2n) is 6.93. The molecule has 0 unspecified atom stereocenters. The van der Waals surface area contributed by atoms with Crippen molar-refractivity contribution in [1.29, 1.82) is 0 Å². The molecule has 3 heterocycles. The van der Waals surface area contributed by atoms with Crippen LogP contribution in [0, 0.1) is 5.82 Å². The summed E-state index contributed by atoms with van der Waals surface area (Å²) in [4.78, 5) is 6.47. The van der Waals surface area contributed by atoms with Crippen LogP contribution in [0.15, 0.2) is 61.2 Å². The van der Waals surface area contributed by atoms with E-state index >= 15 is 0 Å². The Labute approximate surface area is 158 Å². The van der Waals surface area contributed by atoms with Crippen molar-refractivity contribution in [2.24, 2.45) is 0 Å². The molecule has 1 aliphatic heterocycles. The van der Waals surface area contributed by atoms with Gasteiger partial charge in [0.15, 0.2) is 0 Å². The number of rotatable bonds is 7. The molecule has 0 aliphatic carbocycles. The van der Waals surface area contributed by atoms with Gasteiger partial charge in [0.1, 0.15) is 5.82 Å². The summed E-state index contributed by atoms with van der Waals surface area (Å²) in [5.74, 6) is -0.262. The van der Waals surface area contributed by atoms with Gasteiger partial charge < -0.3 is 4.74 Å². The van der Waals surface area contributed by atoms with Gasteiger partial charge in [-0.3, -0.25) is 9.88 Å². The lowest BCUT2D eigenvalue weighted by Gasteiger charge is -2.24. The lowest BCUT2D eigenvalue weighted by molar-refractivity contribution is 0.0679. The molecule has 3 aromatic rings. The van der Waals surface area contributed by atoms with Crippen molar-refractivity contribution in [3.8, 4) is 5.69 Å². The number of pyridine rings is 1. The number of aromatic nitrogens is 3. The third-order valence-corrected chi connectivity index (χ3v) is 4.76.